The van der Waals surface area contributed by atoms with Crippen LogP contribution in [0.15, 0.2) is 54.7 Å². The summed E-state index contributed by atoms with van der Waals surface area (Å²) in [5, 5.41) is 8.84. The first-order chi connectivity index (χ1) is 17.2. The molecule has 3 fully saturated rings. The first kappa shape index (κ1) is 22.7. The molecule has 184 valence electrons. The largest absolute Gasteiger partial charge is 0.376 e. The van der Waals surface area contributed by atoms with Crippen molar-refractivity contribution >= 4 is 5.69 Å². The minimum absolute atomic E-state index is 0.269. The van der Waals surface area contributed by atoms with Gasteiger partial charge >= 0.3 is 0 Å². The van der Waals surface area contributed by atoms with E-state index in [2.05, 4.69) is 81.8 Å². The molecular formula is C29H37N5O. The third kappa shape index (κ3) is 5.00. The summed E-state index contributed by atoms with van der Waals surface area (Å²) in [4.78, 5) is 5.18. The number of benzene rings is 2. The molecule has 0 aliphatic carbocycles. The molecule has 3 aliphatic rings. The molecule has 2 aromatic carbocycles. The van der Waals surface area contributed by atoms with Crippen molar-refractivity contribution < 1.29 is 4.74 Å². The first-order valence-electron chi connectivity index (χ1n) is 13.3. The maximum absolute atomic E-state index is 5.86. The van der Waals surface area contributed by atoms with Crippen LogP contribution in [0, 0.1) is 12.3 Å². The maximum atomic E-state index is 5.86. The molecule has 6 heteroatoms. The smallest absolute Gasteiger partial charge is 0.113 e. The van der Waals surface area contributed by atoms with Gasteiger partial charge in [-0.3, -0.25) is 4.90 Å². The van der Waals surface area contributed by atoms with Gasteiger partial charge in [-0.1, -0.05) is 41.6 Å². The van der Waals surface area contributed by atoms with E-state index in [1.807, 2.05) is 4.68 Å². The number of hydrogen-bond acceptors (Lipinski definition) is 5. The first-order valence-corrected chi connectivity index (χ1v) is 13.3. The lowest BCUT2D eigenvalue weighted by Gasteiger charge is -2.55. The van der Waals surface area contributed by atoms with E-state index >= 15 is 0 Å². The number of piperidine rings is 1. The van der Waals surface area contributed by atoms with Gasteiger partial charge in [-0.2, -0.15) is 0 Å². The lowest BCUT2D eigenvalue weighted by atomic mass is 9.71. The second kappa shape index (κ2) is 9.75. The molecule has 0 saturated carbocycles. The molecule has 3 saturated heterocycles. The molecule has 1 aromatic heterocycles. The zero-order valence-corrected chi connectivity index (χ0v) is 20.9. The number of aryl methyl sites for hydroxylation is 1. The van der Waals surface area contributed by atoms with Crippen LogP contribution < -0.4 is 4.90 Å². The summed E-state index contributed by atoms with van der Waals surface area (Å²) in [6.07, 6.45) is 8.49. The SMILES string of the molecule is Cc1cc(N2CC3(CCN(Cc4ccccc4)CC3)C2)ccc1-c1cn(C[C@H]2CCCCO2)nn1. The van der Waals surface area contributed by atoms with E-state index in [4.69, 9.17) is 4.74 Å². The van der Waals surface area contributed by atoms with Crippen LogP contribution in [0.4, 0.5) is 5.69 Å². The van der Waals surface area contributed by atoms with Crippen LogP contribution in [0.2, 0.25) is 0 Å². The molecule has 0 amide bonds. The Morgan fingerprint density at radius 2 is 1.86 bits per heavy atom. The summed E-state index contributed by atoms with van der Waals surface area (Å²) in [6, 6.07) is 17.7. The summed E-state index contributed by atoms with van der Waals surface area (Å²) in [7, 11) is 0. The van der Waals surface area contributed by atoms with Crippen LogP contribution in [-0.4, -0.2) is 58.8 Å². The van der Waals surface area contributed by atoms with Crippen LogP contribution in [0.25, 0.3) is 11.3 Å². The van der Waals surface area contributed by atoms with Gasteiger partial charge in [0.1, 0.15) is 5.69 Å². The Bertz CT molecular complexity index is 1120. The molecule has 0 unspecified atom stereocenters. The summed E-state index contributed by atoms with van der Waals surface area (Å²) in [6.45, 7) is 9.73. The Morgan fingerprint density at radius 3 is 2.60 bits per heavy atom. The van der Waals surface area contributed by atoms with Crippen LogP contribution in [-0.2, 0) is 17.8 Å². The third-order valence-corrected chi connectivity index (χ3v) is 8.27. The molecular weight excluding hydrogens is 434 g/mol. The molecule has 6 rings (SSSR count). The van der Waals surface area contributed by atoms with Gasteiger partial charge in [0.15, 0.2) is 0 Å². The third-order valence-electron chi connectivity index (χ3n) is 8.27. The van der Waals surface area contributed by atoms with E-state index < -0.39 is 0 Å². The lowest BCUT2D eigenvalue weighted by molar-refractivity contribution is 0.00370. The second-order valence-corrected chi connectivity index (χ2v) is 10.9. The summed E-state index contributed by atoms with van der Waals surface area (Å²) < 4.78 is 7.81. The zero-order chi connectivity index (χ0) is 23.7. The highest BCUT2D eigenvalue weighted by atomic mass is 16.5. The van der Waals surface area contributed by atoms with E-state index in [9.17, 15) is 0 Å². The molecule has 3 aliphatic heterocycles. The van der Waals surface area contributed by atoms with Crippen LogP contribution in [0.3, 0.4) is 0 Å². The Kier molecular flexibility index (Phi) is 6.33. The van der Waals surface area contributed by atoms with Gasteiger partial charge in [0.2, 0.25) is 0 Å². The Hall–Kier alpha value is -2.70. The minimum atomic E-state index is 0.269. The molecule has 35 heavy (non-hydrogen) atoms. The number of rotatable bonds is 6. The molecule has 0 radical (unpaired) electrons. The molecule has 4 heterocycles. The minimum Gasteiger partial charge on any atom is -0.376 e. The Morgan fingerprint density at radius 1 is 1.03 bits per heavy atom. The van der Waals surface area contributed by atoms with Gasteiger partial charge in [0.25, 0.3) is 0 Å². The highest BCUT2D eigenvalue weighted by molar-refractivity contribution is 5.67. The molecule has 3 aromatic rings. The Balaban J connectivity index is 1.04. The maximum Gasteiger partial charge on any atom is 0.113 e. The fraction of sp³-hybridized carbons (Fsp3) is 0.517. The van der Waals surface area contributed by atoms with Crippen molar-refractivity contribution in [2.45, 2.75) is 58.2 Å². The van der Waals surface area contributed by atoms with Crippen LogP contribution in [0.1, 0.15) is 43.2 Å². The summed E-state index contributed by atoms with van der Waals surface area (Å²) in [5.74, 6) is 0. The van der Waals surface area contributed by atoms with E-state index in [-0.39, 0.29) is 6.10 Å². The van der Waals surface area contributed by atoms with Crippen molar-refractivity contribution in [1.82, 2.24) is 19.9 Å². The van der Waals surface area contributed by atoms with Crippen molar-refractivity contribution in [3.63, 3.8) is 0 Å². The molecule has 1 atom stereocenters. The van der Waals surface area contributed by atoms with Crippen molar-refractivity contribution in [3.8, 4) is 11.3 Å². The van der Waals surface area contributed by atoms with Crippen molar-refractivity contribution in [1.29, 1.82) is 0 Å². The van der Waals surface area contributed by atoms with E-state index in [0.717, 1.165) is 31.8 Å². The van der Waals surface area contributed by atoms with E-state index in [1.54, 1.807) is 0 Å². The topological polar surface area (TPSA) is 46.4 Å². The lowest BCUT2D eigenvalue weighted by Crippen LogP contribution is -2.60. The molecule has 0 N–H and O–H groups in total. The molecule has 1 spiro atoms. The average molecular weight is 472 g/mol. The van der Waals surface area contributed by atoms with Crippen LogP contribution in [0.5, 0.6) is 0 Å². The number of nitrogens with zero attached hydrogens (tertiary/aromatic N) is 5. The second-order valence-electron chi connectivity index (χ2n) is 10.9. The Labute approximate surface area is 208 Å². The van der Waals surface area contributed by atoms with Crippen molar-refractivity contribution in [2.24, 2.45) is 5.41 Å². The van der Waals surface area contributed by atoms with E-state index in [1.165, 1.54) is 74.2 Å². The van der Waals surface area contributed by atoms with Crippen molar-refractivity contribution in [2.75, 3.05) is 37.7 Å². The van der Waals surface area contributed by atoms with Gasteiger partial charge in [-0.25, -0.2) is 4.68 Å². The van der Waals surface area contributed by atoms with Gasteiger partial charge in [-0.05, 0) is 75.4 Å². The monoisotopic (exact) mass is 471 g/mol. The highest BCUT2D eigenvalue weighted by Crippen LogP contribution is 2.43. The summed E-state index contributed by atoms with van der Waals surface area (Å²) in [5.41, 5.74) is 6.67. The number of hydrogen-bond donors (Lipinski definition) is 0. The molecule has 0 bridgehead atoms. The predicted octanol–water partition coefficient (Wildman–Crippen LogP) is 4.93. The average Bonchev–Trinajstić information content (AvgIpc) is 3.32. The van der Waals surface area contributed by atoms with Gasteiger partial charge in [-0.15, -0.1) is 5.10 Å². The highest BCUT2D eigenvalue weighted by Gasteiger charge is 2.44. The number of likely N-dealkylation sites (tertiary alicyclic amines) is 1. The van der Waals surface area contributed by atoms with E-state index in [0.29, 0.717) is 5.41 Å². The zero-order valence-electron chi connectivity index (χ0n) is 20.9. The number of aromatic nitrogens is 3. The van der Waals surface area contributed by atoms with Crippen molar-refractivity contribution in [3.05, 3.63) is 65.9 Å². The standard InChI is InChI=1S/C29H37N5O/c1-23-17-25(10-11-27(23)28-20-34(31-30-28)19-26-9-5-6-16-35-26)33-21-29(22-33)12-14-32(15-13-29)18-24-7-3-2-4-8-24/h2-4,7-8,10-11,17,20,26H,5-6,9,12-16,18-19,21-22H2,1H3/t26-/m1/s1. The fourth-order valence-electron chi connectivity index (χ4n) is 6.09. The number of ether oxygens (including phenoxy) is 1. The normalized spacial score (nSPS) is 22.3. The predicted molar refractivity (Wildman–Crippen MR) is 139 cm³/mol. The van der Waals surface area contributed by atoms with Gasteiger partial charge < -0.3 is 9.64 Å². The van der Waals surface area contributed by atoms with Gasteiger partial charge in [0.05, 0.1) is 18.8 Å². The van der Waals surface area contributed by atoms with Crippen LogP contribution >= 0.6 is 0 Å². The summed E-state index contributed by atoms with van der Waals surface area (Å²) >= 11 is 0. The fourth-order valence-corrected chi connectivity index (χ4v) is 6.09. The number of anilines is 1. The quantitative estimate of drug-likeness (QED) is 0.510. The van der Waals surface area contributed by atoms with Gasteiger partial charge in [0, 0.05) is 42.9 Å². The molecule has 6 nitrogen and oxygen atoms in total.